The number of ether oxygens (including phenoxy) is 1. The number of methoxy groups -OCH3 is 1. The molecule has 2 aromatic rings. The molecule has 0 radical (unpaired) electrons. The maximum absolute atomic E-state index is 13.4. The third-order valence-corrected chi connectivity index (χ3v) is 4.95. The molecule has 27 heavy (non-hydrogen) atoms. The number of halogens is 1. The number of amides is 2. The molecule has 0 aromatic heterocycles. The number of rotatable bonds is 5. The van der Waals surface area contributed by atoms with E-state index in [0.717, 1.165) is 5.69 Å². The van der Waals surface area contributed by atoms with Crippen LogP contribution < -0.4 is 5.06 Å². The average Bonchev–Trinajstić information content (AvgIpc) is 3.19. The van der Waals surface area contributed by atoms with Crippen molar-refractivity contribution < 1.29 is 23.6 Å². The van der Waals surface area contributed by atoms with E-state index in [1.807, 2.05) is 30.3 Å². The molecule has 7 heteroatoms. The van der Waals surface area contributed by atoms with Crippen molar-refractivity contribution in [3.05, 3.63) is 66.0 Å². The van der Waals surface area contributed by atoms with Gasteiger partial charge in [-0.2, -0.15) is 0 Å². The van der Waals surface area contributed by atoms with E-state index >= 15 is 0 Å². The molecule has 2 aromatic carbocycles. The number of hydrogen-bond acceptors (Lipinski definition) is 5. The number of hydroxylamine groups is 1. The highest BCUT2D eigenvalue weighted by atomic mass is 19.1. The molecular weight excluding hydrogens is 351 g/mol. The van der Waals surface area contributed by atoms with E-state index in [4.69, 9.17) is 9.57 Å². The smallest absolute Gasteiger partial charge is 0.262 e. The molecule has 0 bridgehead atoms. The highest BCUT2D eigenvalue weighted by Gasteiger charge is 2.59. The first-order valence-electron chi connectivity index (χ1n) is 8.72. The topological polar surface area (TPSA) is 59.1 Å². The molecule has 3 atom stereocenters. The second-order valence-electron chi connectivity index (χ2n) is 6.53. The summed E-state index contributed by atoms with van der Waals surface area (Å²) in [6, 6.07) is 14.7. The third-order valence-electron chi connectivity index (χ3n) is 4.95. The van der Waals surface area contributed by atoms with Crippen molar-refractivity contribution in [2.45, 2.75) is 12.1 Å². The molecule has 0 saturated carbocycles. The van der Waals surface area contributed by atoms with Gasteiger partial charge < -0.3 is 4.74 Å². The minimum atomic E-state index is -0.899. The Labute approximate surface area is 156 Å². The quantitative estimate of drug-likeness (QED) is 0.756. The Kier molecular flexibility index (Phi) is 4.63. The highest BCUT2D eigenvalue weighted by molar-refractivity contribution is 6.07. The summed E-state index contributed by atoms with van der Waals surface area (Å²) < 4.78 is 18.4. The number of para-hydroxylation sites is 1. The van der Waals surface area contributed by atoms with Crippen molar-refractivity contribution in [3.8, 4) is 0 Å². The van der Waals surface area contributed by atoms with Gasteiger partial charge in [0.2, 0.25) is 5.91 Å². The van der Waals surface area contributed by atoms with Gasteiger partial charge in [-0.1, -0.05) is 30.3 Å². The molecule has 0 spiro atoms. The molecule has 0 N–H and O–H groups in total. The van der Waals surface area contributed by atoms with E-state index in [0.29, 0.717) is 5.56 Å². The summed E-state index contributed by atoms with van der Waals surface area (Å²) in [7, 11) is 1.51. The maximum Gasteiger partial charge on any atom is 0.262 e. The first-order chi connectivity index (χ1) is 13.1. The molecule has 2 amide bonds. The second-order valence-corrected chi connectivity index (χ2v) is 6.53. The molecule has 6 nitrogen and oxygen atoms in total. The van der Waals surface area contributed by atoms with Gasteiger partial charge in [-0.15, -0.1) is 0 Å². The lowest BCUT2D eigenvalue weighted by Crippen LogP contribution is -2.39. The first kappa shape index (κ1) is 17.6. The lowest BCUT2D eigenvalue weighted by atomic mass is 9.90. The summed E-state index contributed by atoms with van der Waals surface area (Å²) in [5, 5.41) is 1.59. The number of likely N-dealkylation sites (tertiary alicyclic amines) is 1. The molecule has 2 aliphatic heterocycles. The van der Waals surface area contributed by atoms with E-state index in [-0.39, 0.29) is 30.8 Å². The Bertz CT molecular complexity index is 843. The fourth-order valence-corrected chi connectivity index (χ4v) is 3.67. The molecule has 2 saturated heterocycles. The fourth-order valence-electron chi connectivity index (χ4n) is 3.67. The van der Waals surface area contributed by atoms with Crippen molar-refractivity contribution in [2.75, 3.05) is 25.3 Å². The van der Waals surface area contributed by atoms with Gasteiger partial charge in [-0.3, -0.25) is 19.3 Å². The Balaban J connectivity index is 1.73. The number of carbonyl (C=O) groups is 2. The van der Waals surface area contributed by atoms with E-state index in [1.165, 1.54) is 24.1 Å². The third kappa shape index (κ3) is 2.98. The lowest BCUT2D eigenvalue weighted by molar-refractivity contribution is -0.143. The van der Waals surface area contributed by atoms with Crippen LogP contribution in [0.2, 0.25) is 0 Å². The van der Waals surface area contributed by atoms with Gasteiger partial charge >= 0.3 is 0 Å². The standard InChI is InChI=1S/C20H19FN2O4/c1-26-12-11-22-19(24)16-17(13-7-9-14(21)10-8-13)23(27-18(16)20(22)25)15-5-3-2-4-6-15/h2-10,16-18H,11-12H2,1H3/t16-,17+,18-/m1/s1. The summed E-state index contributed by atoms with van der Waals surface area (Å²) >= 11 is 0. The van der Waals surface area contributed by atoms with Crippen LogP contribution in [0.5, 0.6) is 0 Å². The van der Waals surface area contributed by atoms with Crippen LogP contribution in [0.25, 0.3) is 0 Å². The molecule has 2 heterocycles. The predicted molar refractivity (Wildman–Crippen MR) is 95.0 cm³/mol. The minimum absolute atomic E-state index is 0.187. The summed E-state index contributed by atoms with van der Waals surface area (Å²) in [5.74, 6) is -1.72. The monoisotopic (exact) mass is 370 g/mol. The largest absolute Gasteiger partial charge is 0.383 e. The SMILES string of the molecule is COCCN1C(=O)[C@H]2[C@@H](ON(c3ccccc3)[C@H]2c2ccc(F)cc2)C1=O. The second kappa shape index (κ2) is 7.09. The van der Waals surface area contributed by atoms with E-state index in [1.54, 1.807) is 17.2 Å². The normalized spacial score (nSPS) is 24.6. The van der Waals surface area contributed by atoms with Crippen molar-refractivity contribution in [3.63, 3.8) is 0 Å². The first-order valence-corrected chi connectivity index (χ1v) is 8.72. The van der Waals surface area contributed by atoms with Gasteiger partial charge in [0.05, 0.1) is 24.9 Å². The van der Waals surface area contributed by atoms with Crippen LogP contribution in [0.3, 0.4) is 0 Å². The van der Waals surface area contributed by atoms with Gasteiger partial charge in [0.1, 0.15) is 11.7 Å². The van der Waals surface area contributed by atoms with E-state index < -0.39 is 18.1 Å². The van der Waals surface area contributed by atoms with Crippen LogP contribution in [0.4, 0.5) is 10.1 Å². The van der Waals surface area contributed by atoms with Gasteiger partial charge in [-0.05, 0) is 29.8 Å². The van der Waals surface area contributed by atoms with E-state index in [9.17, 15) is 14.0 Å². The van der Waals surface area contributed by atoms with Gasteiger partial charge in [0.15, 0.2) is 6.10 Å². The predicted octanol–water partition coefficient (Wildman–Crippen LogP) is 2.32. The Morgan fingerprint density at radius 3 is 2.41 bits per heavy atom. The summed E-state index contributed by atoms with van der Waals surface area (Å²) in [4.78, 5) is 32.9. The average molecular weight is 370 g/mol. The van der Waals surface area contributed by atoms with Crippen molar-refractivity contribution in [2.24, 2.45) is 5.92 Å². The van der Waals surface area contributed by atoms with Crippen LogP contribution in [-0.2, 0) is 19.2 Å². The summed E-state index contributed by atoms with van der Waals surface area (Å²) in [6.45, 7) is 0.451. The molecular formula is C20H19FN2O4. The zero-order valence-electron chi connectivity index (χ0n) is 14.7. The summed E-state index contributed by atoms with van der Waals surface area (Å²) in [5.41, 5.74) is 1.44. The van der Waals surface area contributed by atoms with Gasteiger partial charge in [-0.25, -0.2) is 9.45 Å². The molecule has 2 aliphatic rings. The number of hydrogen-bond donors (Lipinski definition) is 0. The fraction of sp³-hybridized carbons (Fsp3) is 0.300. The molecule has 4 rings (SSSR count). The molecule has 0 aliphatic carbocycles. The van der Waals surface area contributed by atoms with Crippen molar-refractivity contribution >= 4 is 17.5 Å². The van der Waals surface area contributed by atoms with E-state index in [2.05, 4.69) is 0 Å². The number of anilines is 1. The number of fused-ring (bicyclic) bond motifs is 1. The maximum atomic E-state index is 13.4. The highest BCUT2D eigenvalue weighted by Crippen LogP contribution is 2.46. The summed E-state index contributed by atoms with van der Waals surface area (Å²) in [6.07, 6.45) is -0.899. The van der Waals surface area contributed by atoms with Crippen LogP contribution in [0.1, 0.15) is 11.6 Å². The zero-order chi connectivity index (χ0) is 19.0. The van der Waals surface area contributed by atoms with Gasteiger partial charge in [0, 0.05) is 7.11 Å². The lowest BCUT2D eigenvalue weighted by Gasteiger charge is -2.28. The minimum Gasteiger partial charge on any atom is -0.383 e. The molecule has 0 unspecified atom stereocenters. The van der Waals surface area contributed by atoms with Crippen LogP contribution in [0.15, 0.2) is 54.6 Å². The Morgan fingerprint density at radius 2 is 1.74 bits per heavy atom. The molecule has 2 fully saturated rings. The molecule has 140 valence electrons. The Hall–Kier alpha value is -2.77. The number of benzene rings is 2. The van der Waals surface area contributed by atoms with Crippen molar-refractivity contribution in [1.82, 2.24) is 4.90 Å². The number of nitrogens with zero attached hydrogens (tertiary/aromatic N) is 2. The van der Waals surface area contributed by atoms with Crippen LogP contribution in [-0.4, -0.2) is 43.1 Å². The Morgan fingerprint density at radius 1 is 1.04 bits per heavy atom. The van der Waals surface area contributed by atoms with Crippen LogP contribution in [0, 0.1) is 11.7 Å². The zero-order valence-corrected chi connectivity index (χ0v) is 14.7. The van der Waals surface area contributed by atoms with Crippen LogP contribution >= 0.6 is 0 Å². The van der Waals surface area contributed by atoms with Crippen molar-refractivity contribution in [1.29, 1.82) is 0 Å². The number of carbonyl (C=O) groups excluding carboxylic acids is 2. The number of imide groups is 1. The van der Waals surface area contributed by atoms with Gasteiger partial charge in [0.25, 0.3) is 5.91 Å².